The Morgan fingerprint density at radius 3 is 2.57 bits per heavy atom. The Morgan fingerprint density at radius 2 is 1.91 bits per heavy atom. The summed E-state index contributed by atoms with van der Waals surface area (Å²) in [7, 11) is 0. The molecule has 2 aromatic carbocycles. The normalized spacial score (nSPS) is 17.4. The molecule has 1 atom stereocenters. The molecule has 0 radical (unpaired) electrons. The van der Waals surface area contributed by atoms with Gasteiger partial charge in [-0.25, -0.2) is 9.82 Å². The number of amides is 1. The number of benzene rings is 2. The van der Waals surface area contributed by atoms with E-state index < -0.39 is 5.82 Å². The molecule has 1 aliphatic rings. The topological polar surface area (TPSA) is 79.5 Å². The van der Waals surface area contributed by atoms with E-state index in [1.807, 2.05) is 31.2 Å². The van der Waals surface area contributed by atoms with E-state index in [4.69, 9.17) is 5.73 Å². The van der Waals surface area contributed by atoms with Crippen LogP contribution in [0.4, 0.5) is 21.5 Å². The molecule has 1 heterocycles. The number of rotatable bonds is 3. The van der Waals surface area contributed by atoms with Gasteiger partial charge in [0.2, 0.25) is 5.91 Å². The highest BCUT2D eigenvalue weighted by Crippen LogP contribution is 2.23. The number of carbonyl (C=O) groups is 1. The van der Waals surface area contributed by atoms with Crippen LogP contribution >= 0.6 is 0 Å². The molecule has 4 N–H and O–H groups in total. The Hall–Kier alpha value is -2.89. The van der Waals surface area contributed by atoms with Crippen molar-refractivity contribution in [2.24, 2.45) is 11.0 Å². The summed E-state index contributed by atoms with van der Waals surface area (Å²) >= 11 is 0. The Balaban J connectivity index is 1.77. The van der Waals surface area contributed by atoms with Crippen LogP contribution in [-0.2, 0) is 4.79 Å². The molecule has 3 rings (SSSR count). The van der Waals surface area contributed by atoms with Gasteiger partial charge in [0.1, 0.15) is 5.82 Å². The van der Waals surface area contributed by atoms with Gasteiger partial charge < -0.3 is 11.1 Å². The van der Waals surface area contributed by atoms with Crippen LogP contribution in [0, 0.1) is 11.7 Å². The van der Waals surface area contributed by atoms with Crippen LogP contribution in [0.2, 0.25) is 0 Å². The minimum atomic E-state index is -0.433. The van der Waals surface area contributed by atoms with Gasteiger partial charge in [-0.1, -0.05) is 19.1 Å². The maximum absolute atomic E-state index is 13.2. The number of carbonyl (C=O) groups excluding carboxylic acids is 1. The van der Waals surface area contributed by atoms with E-state index in [-0.39, 0.29) is 17.5 Å². The summed E-state index contributed by atoms with van der Waals surface area (Å²) in [6.07, 6.45) is 0.438. The number of hydrogen-bond donors (Lipinski definition) is 3. The van der Waals surface area contributed by atoms with Gasteiger partial charge in [0.25, 0.3) is 0 Å². The lowest BCUT2D eigenvalue weighted by Gasteiger charge is -2.19. The highest BCUT2D eigenvalue weighted by molar-refractivity contribution is 6.05. The first-order valence-corrected chi connectivity index (χ1v) is 7.32. The summed E-state index contributed by atoms with van der Waals surface area (Å²) in [6, 6.07) is 12.2. The molecule has 6 heteroatoms. The molecule has 0 saturated heterocycles. The fourth-order valence-corrected chi connectivity index (χ4v) is 2.51. The molecule has 0 aliphatic carbocycles. The van der Waals surface area contributed by atoms with E-state index >= 15 is 0 Å². The molecule has 0 bridgehead atoms. The zero-order chi connectivity index (χ0) is 16.4. The van der Waals surface area contributed by atoms with Crippen molar-refractivity contribution in [3.8, 4) is 0 Å². The summed E-state index contributed by atoms with van der Waals surface area (Å²) < 4.78 is 13.2. The van der Waals surface area contributed by atoms with Gasteiger partial charge in [0.05, 0.1) is 11.4 Å². The van der Waals surface area contributed by atoms with Crippen molar-refractivity contribution >= 4 is 28.7 Å². The van der Waals surface area contributed by atoms with Crippen molar-refractivity contribution < 1.29 is 9.18 Å². The molecule has 0 fully saturated rings. The van der Waals surface area contributed by atoms with Gasteiger partial charge in [0, 0.05) is 23.7 Å². The number of nitrogens with one attached hydrogen (secondary N) is 2. The lowest BCUT2D eigenvalue weighted by molar-refractivity contribution is -0.121. The summed E-state index contributed by atoms with van der Waals surface area (Å²) in [5.41, 5.74) is 11.6. The molecular weight excluding hydrogens is 295 g/mol. The first kappa shape index (κ1) is 15.0. The van der Waals surface area contributed by atoms with Gasteiger partial charge in [-0.3, -0.25) is 4.79 Å². The number of nitrogen functional groups attached to an aromatic ring is 1. The smallest absolute Gasteiger partial charge is 0.240 e. The number of hydrazone groups is 1. The molecule has 0 saturated carbocycles. The molecule has 2 aromatic rings. The maximum atomic E-state index is 13.2. The third kappa shape index (κ3) is 3.31. The molecule has 0 spiro atoms. The van der Waals surface area contributed by atoms with Crippen molar-refractivity contribution in [3.05, 3.63) is 53.8 Å². The lowest BCUT2D eigenvalue weighted by atomic mass is 9.94. The number of anilines is 3. The highest BCUT2D eigenvalue weighted by atomic mass is 19.1. The first-order valence-electron chi connectivity index (χ1n) is 7.32. The highest BCUT2D eigenvalue weighted by Gasteiger charge is 2.21. The van der Waals surface area contributed by atoms with Crippen LogP contribution in [0.3, 0.4) is 0 Å². The van der Waals surface area contributed by atoms with Gasteiger partial charge >= 0.3 is 0 Å². The fraction of sp³-hybridized carbons (Fsp3) is 0.176. The predicted molar refractivity (Wildman–Crippen MR) is 89.0 cm³/mol. The molecule has 1 amide bonds. The third-order valence-electron chi connectivity index (χ3n) is 3.72. The largest absolute Gasteiger partial charge is 0.396 e. The SMILES string of the molecule is CC1CC(=O)NN=C1c1ccc(Nc2ccc(F)c(N)c2)cc1. The van der Waals surface area contributed by atoms with Gasteiger partial charge in [0.15, 0.2) is 0 Å². The van der Waals surface area contributed by atoms with Crippen LogP contribution in [0.15, 0.2) is 47.6 Å². The van der Waals surface area contributed by atoms with Crippen molar-refractivity contribution in [1.82, 2.24) is 5.43 Å². The molecule has 1 aliphatic heterocycles. The van der Waals surface area contributed by atoms with E-state index in [1.54, 1.807) is 12.1 Å². The molecule has 0 aromatic heterocycles. The van der Waals surface area contributed by atoms with Crippen LogP contribution in [0.1, 0.15) is 18.9 Å². The van der Waals surface area contributed by atoms with Crippen LogP contribution < -0.4 is 16.5 Å². The first-order chi connectivity index (χ1) is 11.0. The zero-order valence-electron chi connectivity index (χ0n) is 12.6. The fourth-order valence-electron chi connectivity index (χ4n) is 2.51. The predicted octanol–water partition coefficient (Wildman–Crippen LogP) is 3.01. The van der Waals surface area contributed by atoms with E-state index in [2.05, 4.69) is 15.8 Å². The number of halogens is 1. The van der Waals surface area contributed by atoms with E-state index in [0.29, 0.717) is 12.1 Å². The van der Waals surface area contributed by atoms with Crippen molar-refractivity contribution in [3.63, 3.8) is 0 Å². The number of nitrogens with two attached hydrogens (primary N) is 1. The molecule has 5 nitrogen and oxygen atoms in total. The second kappa shape index (κ2) is 6.08. The average Bonchev–Trinajstić information content (AvgIpc) is 2.52. The van der Waals surface area contributed by atoms with Crippen molar-refractivity contribution in [1.29, 1.82) is 0 Å². The van der Waals surface area contributed by atoms with E-state index in [0.717, 1.165) is 17.0 Å². The van der Waals surface area contributed by atoms with E-state index in [9.17, 15) is 9.18 Å². The van der Waals surface area contributed by atoms with Crippen molar-refractivity contribution in [2.75, 3.05) is 11.1 Å². The van der Waals surface area contributed by atoms with Crippen LogP contribution in [0.5, 0.6) is 0 Å². The van der Waals surface area contributed by atoms with Crippen LogP contribution in [-0.4, -0.2) is 11.6 Å². The standard InChI is InChI=1S/C17H17FN4O/c1-10-8-16(23)21-22-17(10)11-2-4-12(5-3-11)20-13-6-7-14(18)15(19)9-13/h2-7,9-10,20H,8,19H2,1H3,(H,21,23). The average molecular weight is 312 g/mol. The second-order valence-electron chi connectivity index (χ2n) is 5.58. The maximum Gasteiger partial charge on any atom is 0.240 e. The molecule has 118 valence electrons. The van der Waals surface area contributed by atoms with E-state index in [1.165, 1.54) is 6.07 Å². The van der Waals surface area contributed by atoms with Gasteiger partial charge in [-0.05, 0) is 35.9 Å². The number of nitrogens with zero attached hydrogens (tertiary/aromatic N) is 1. The van der Waals surface area contributed by atoms with Gasteiger partial charge in [-0.2, -0.15) is 5.10 Å². The summed E-state index contributed by atoms with van der Waals surface area (Å²) in [5.74, 6) is -0.412. The Bertz CT molecular complexity index is 771. The minimum Gasteiger partial charge on any atom is -0.396 e. The Labute approximate surface area is 133 Å². The summed E-state index contributed by atoms with van der Waals surface area (Å²) in [5, 5.41) is 7.30. The summed E-state index contributed by atoms with van der Waals surface area (Å²) in [6.45, 7) is 1.98. The monoisotopic (exact) mass is 312 g/mol. The Kier molecular flexibility index (Phi) is 3.97. The summed E-state index contributed by atoms with van der Waals surface area (Å²) in [4.78, 5) is 11.3. The lowest BCUT2D eigenvalue weighted by Crippen LogP contribution is -2.31. The third-order valence-corrected chi connectivity index (χ3v) is 3.72. The quantitative estimate of drug-likeness (QED) is 0.762. The zero-order valence-corrected chi connectivity index (χ0v) is 12.6. The second-order valence-corrected chi connectivity index (χ2v) is 5.58. The minimum absolute atomic E-state index is 0.0616. The van der Waals surface area contributed by atoms with Crippen LogP contribution in [0.25, 0.3) is 0 Å². The van der Waals surface area contributed by atoms with Crippen molar-refractivity contribution in [2.45, 2.75) is 13.3 Å². The molecule has 1 unspecified atom stereocenters. The molecular formula is C17H17FN4O. The molecule has 23 heavy (non-hydrogen) atoms. The van der Waals surface area contributed by atoms with Gasteiger partial charge in [-0.15, -0.1) is 0 Å². The number of hydrogen-bond acceptors (Lipinski definition) is 4. The Morgan fingerprint density at radius 1 is 1.22 bits per heavy atom.